The van der Waals surface area contributed by atoms with Gasteiger partial charge in [0, 0.05) is 22.8 Å². The van der Waals surface area contributed by atoms with Crippen LogP contribution in [0.4, 0.5) is 10.1 Å². The third-order valence-corrected chi connectivity index (χ3v) is 4.84. The number of nitrogens with zero attached hydrogens (tertiary/aromatic N) is 2. The fourth-order valence-electron chi connectivity index (χ4n) is 3.25. The molecule has 0 saturated heterocycles. The first-order valence-corrected chi connectivity index (χ1v) is 9.40. The van der Waals surface area contributed by atoms with Crippen molar-refractivity contribution < 1.29 is 9.18 Å². The van der Waals surface area contributed by atoms with Crippen LogP contribution in [0.3, 0.4) is 0 Å². The predicted molar refractivity (Wildman–Crippen MR) is 113 cm³/mol. The van der Waals surface area contributed by atoms with Crippen molar-refractivity contribution >= 4 is 17.7 Å². The average Bonchev–Trinajstić information content (AvgIpc) is 3.00. The van der Waals surface area contributed by atoms with Crippen molar-refractivity contribution in [3.63, 3.8) is 0 Å². The third kappa shape index (κ3) is 4.44. The molecule has 3 rings (SSSR count). The quantitative estimate of drug-likeness (QED) is 0.474. The number of benzene rings is 2. The number of aromatic nitrogens is 1. The first kappa shape index (κ1) is 20.1. The molecule has 0 aliphatic rings. The van der Waals surface area contributed by atoms with E-state index in [9.17, 15) is 14.4 Å². The van der Waals surface area contributed by atoms with Gasteiger partial charge in [0.05, 0.1) is 0 Å². The van der Waals surface area contributed by atoms with E-state index >= 15 is 0 Å². The Hall–Kier alpha value is -3.65. The molecule has 3 aromatic rings. The Morgan fingerprint density at radius 2 is 1.79 bits per heavy atom. The second-order valence-electron chi connectivity index (χ2n) is 6.81. The van der Waals surface area contributed by atoms with Gasteiger partial charge in [0.1, 0.15) is 17.5 Å². The molecule has 0 aliphatic heterocycles. The summed E-state index contributed by atoms with van der Waals surface area (Å²) in [7, 11) is 0. The summed E-state index contributed by atoms with van der Waals surface area (Å²) in [5.41, 5.74) is 5.20. The zero-order valence-electron chi connectivity index (χ0n) is 16.7. The van der Waals surface area contributed by atoms with Gasteiger partial charge in [-0.3, -0.25) is 4.79 Å². The number of nitrogens with one attached hydrogen (secondary N) is 1. The first-order chi connectivity index (χ1) is 13.9. The van der Waals surface area contributed by atoms with E-state index in [1.165, 1.54) is 17.7 Å². The minimum absolute atomic E-state index is 0.0175. The van der Waals surface area contributed by atoms with Gasteiger partial charge in [0.15, 0.2) is 0 Å². The molecule has 0 unspecified atom stereocenters. The third-order valence-electron chi connectivity index (χ3n) is 4.84. The average molecular weight is 387 g/mol. The van der Waals surface area contributed by atoms with Crippen LogP contribution in [0.25, 0.3) is 11.8 Å². The van der Waals surface area contributed by atoms with Crippen molar-refractivity contribution in [1.29, 1.82) is 5.26 Å². The van der Waals surface area contributed by atoms with E-state index in [0.717, 1.165) is 29.1 Å². The SMILES string of the molecule is CCc1ccc(NC(=O)/C(C#N)=C\c2cc(C)n(-c3ccc(F)cc3)c2C)cc1. The number of nitriles is 1. The van der Waals surface area contributed by atoms with Gasteiger partial charge in [0.25, 0.3) is 5.91 Å². The van der Waals surface area contributed by atoms with E-state index < -0.39 is 5.91 Å². The van der Waals surface area contributed by atoms with Gasteiger partial charge in [0.2, 0.25) is 0 Å². The fourth-order valence-corrected chi connectivity index (χ4v) is 3.25. The maximum atomic E-state index is 13.2. The highest BCUT2D eigenvalue weighted by Crippen LogP contribution is 2.23. The standard InChI is InChI=1S/C24H22FN3O/c1-4-18-5-9-22(10-6-18)27-24(29)20(15-26)14-19-13-16(2)28(17(19)3)23-11-7-21(25)8-12-23/h5-14H,4H2,1-3H3,(H,27,29)/b20-14-. The molecule has 1 amide bonds. The normalized spacial score (nSPS) is 11.2. The largest absolute Gasteiger partial charge is 0.321 e. The second-order valence-corrected chi connectivity index (χ2v) is 6.81. The van der Waals surface area contributed by atoms with Gasteiger partial charge in [-0.1, -0.05) is 19.1 Å². The van der Waals surface area contributed by atoms with Crippen LogP contribution in [0.1, 0.15) is 29.4 Å². The highest BCUT2D eigenvalue weighted by atomic mass is 19.1. The van der Waals surface area contributed by atoms with Crippen LogP contribution >= 0.6 is 0 Å². The van der Waals surface area contributed by atoms with Crippen LogP contribution in [-0.4, -0.2) is 10.5 Å². The molecule has 0 aliphatic carbocycles. The molecular formula is C24H22FN3O. The molecule has 29 heavy (non-hydrogen) atoms. The molecule has 0 bridgehead atoms. The Bertz CT molecular complexity index is 1100. The smallest absolute Gasteiger partial charge is 0.266 e. The number of rotatable bonds is 5. The van der Waals surface area contributed by atoms with E-state index in [0.29, 0.717) is 5.69 Å². The van der Waals surface area contributed by atoms with Crippen molar-refractivity contribution in [2.75, 3.05) is 5.32 Å². The predicted octanol–water partition coefficient (Wildman–Crippen LogP) is 5.34. The van der Waals surface area contributed by atoms with Gasteiger partial charge in [-0.2, -0.15) is 5.26 Å². The Kier molecular flexibility index (Phi) is 5.94. The lowest BCUT2D eigenvalue weighted by molar-refractivity contribution is -0.112. The minimum atomic E-state index is -0.455. The zero-order chi connectivity index (χ0) is 21.0. The number of anilines is 1. The summed E-state index contributed by atoms with van der Waals surface area (Å²) in [5, 5.41) is 12.3. The number of amides is 1. The van der Waals surface area contributed by atoms with Crippen molar-refractivity contribution in [2.45, 2.75) is 27.2 Å². The van der Waals surface area contributed by atoms with Crippen molar-refractivity contribution in [1.82, 2.24) is 4.57 Å². The monoisotopic (exact) mass is 387 g/mol. The van der Waals surface area contributed by atoms with Crippen molar-refractivity contribution in [2.24, 2.45) is 0 Å². The highest BCUT2D eigenvalue weighted by molar-refractivity contribution is 6.09. The summed E-state index contributed by atoms with van der Waals surface area (Å²) in [5.74, 6) is -0.755. The summed E-state index contributed by atoms with van der Waals surface area (Å²) < 4.78 is 15.2. The van der Waals surface area contributed by atoms with Crippen LogP contribution in [0.15, 0.2) is 60.2 Å². The number of hydrogen-bond acceptors (Lipinski definition) is 2. The van der Waals surface area contributed by atoms with Gasteiger partial charge in [-0.25, -0.2) is 4.39 Å². The van der Waals surface area contributed by atoms with Crippen LogP contribution in [0, 0.1) is 31.0 Å². The lowest BCUT2D eigenvalue weighted by Crippen LogP contribution is -2.13. The molecule has 1 aromatic heterocycles. The Morgan fingerprint density at radius 3 is 2.38 bits per heavy atom. The van der Waals surface area contributed by atoms with E-state index in [4.69, 9.17) is 0 Å². The van der Waals surface area contributed by atoms with Gasteiger partial charge in [-0.15, -0.1) is 0 Å². The van der Waals surface area contributed by atoms with Crippen molar-refractivity contribution in [3.8, 4) is 11.8 Å². The van der Waals surface area contributed by atoms with Gasteiger partial charge < -0.3 is 9.88 Å². The molecule has 1 heterocycles. The summed E-state index contributed by atoms with van der Waals surface area (Å²) in [6, 6.07) is 17.6. The number of halogens is 1. The molecular weight excluding hydrogens is 365 g/mol. The molecule has 0 spiro atoms. The molecule has 4 nitrogen and oxygen atoms in total. The molecule has 0 saturated carbocycles. The van der Waals surface area contributed by atoms with E-state index in [1.54, 1.807) is 18.2 Å². The highest BCUT2D eigenvalue weighted by Gasteiger charge is 2.14. The Balaban J connectivity index is 1.88. The van der Waals surface area contributed by atoms with Crippen LogP contribution in [-0.2, 0) is 11.2 Å². The molecule has 0 fully saturated rings. The lowest BCUT2D eigenvalue weighted by Gasteiger charge is -2.09. The second kappa shape index (κ2) is 8.57. The number of carbonyl (C=O) groups excluding carboxylic acids is 1. The van der Waals surface area contributed by atoms with Gasteiger partial charge >= 0.3 is 0 Å². The summed E-state index contributed by atoms with van der Waals surface area (Å²) >= 11 is 0. The molecule has 5 heteroatoms. The Labute approximate surface area is 169 Å². The summed E-state index contributed by atoms with van der Waals surface area (Å²) in [4.78, 5) is 12.6. The van der Waals surface area contributed by atoms with Crippen molar-refractivity contribution in [3.05, 3.63) is 88.5 Å². The zero-order valence-corrected chi connectivity index (χ0v) is 16.7. The molecule has 1 N–H and O–H groups in total. The summed E-state index contributed by atoms with van der Waals surface area (Å²) in [6.07, 6.45) is 2.50. The van der Waals surface area contributed by atoms with E-state index in [-0.39, 0.29) is 11.4 Å². The maximum absolute atomic E-state index is 13.2. The maximum Gasteiger partial charge on any atom is 0.266 e. The number of aryl methyl sites for hydroxylation is 2. The van der Waals surface area contributed by atoms with Gasteiger partial charge in [-0.05, 0) is 79.9 Å². The lowest BCUT2D eigenvalue weighted by atomic mass is 10.1. The number of carbonyl (C=O) groups is 1. The van der Waals surface area contributed by atoms with E-state index in [2.05, 4.69) is 12.2 Å². The van der Waals surface area contributed by atoms with E-state index in [1.807, 2.05) is 54.8 Å². The molecule has 0 radical (unpaired) electrons. The number of hydrogen-bond donors (Lipinski definition) is 1. The first-order valence-electron chi connectivity index (χ1n) is 9.40. The fraction of sp³-hybridized carbons (Fsp3) is 0.167. The topological polar surface area (TPSA) is 57.8 Å². The molecule has 146 valence electrons. The molecule has 2 aromatic carbocycles. The van der Waals surface area contributed by atoms with Crippen LogP contribution in [0.5, 0.6) is 0 Å². The molecule has 0 atom stereocenters. The summed E-state index contributed by atoms with van der Waals surface area (Å²) in [6.45, 7) is 5.89. The minimum Gasteiger partial charge on any atom is -0.321 e. The Morgan fingerprint density at radius 1 is 1.14 bits per heavy atom. The van der Waals surface area contributed by atoms with Crippen LogP contribution < -0.4 is 5.32 Å². The van der Waals surface area contributed by atoms with Crippen LogP contribution in [0.2, 0.25) is 0 Å².